The minimum absolute atomic E-state index is 0.00938. The Kier molecular flexibility index (Phi) is 4.74. The van der Waals surface area contributed by atoms with Crippen molar-refractivity contribution < 1.29 is 22.8 Å². The lowest BCUT2D eigenvalue weighted by atomic mass is 10.1. The van der Waals surface area contributed by atoms with Gasteiger partial charge in [0.05, 0.1) is 16.1 Å². The Labute approximate surface area is 134 Å². The van der Waals surface area contributed by atoms with Crippen LogP contribution in [-0.4, -0.2) is 11.8 Å². The van der Waals surface area contributed by atoms with E-state index in [4.69, 9.17) is 0 Å². The summed E-state index contributed by atoms with van der Waals surface area (Å²) in [7, 11) is 0. The van der Waals surface area contributed by atoms with Crippen molar-refractivity contribution in [3.63, 3.8) is 0 Å². The maximum Gasteiger partial charge on any atom is 0.418 e. The average Bonchev–Trinajstić information content (AvgIpc) is 2.85. The summed E-state index contributed by atoms with van der Waals surface area (Å²) in [4.78, 5) is 23.4. The highest BCUT2D eigenvalue weighted by Crippen LogP contribution is 2.37. The van der Waals surface area contributed by atoms with Crippen molar-refractivity contribution in [2.75, 3.05) is 10.6 Å². The van der Waals surface area contributed by atoms with Crippen LogP contribution in [0.1, 0.15) is 27.7 Å². The zero-order valence-corrected chi connectivity index (χ0v) is 13.1. The zero-order chi connectivity index (χ0) is 17.2. The number of amides is 2. The van der Waals surface area contributed by atoms with Gasteiger partial charge in [0.1, 0.15) is 0 Å². The largest absolute Gasteiger partial charge is 0.418 e. The molecule has 0 aliphatic rings. The van der Waals surface area contributed by atoms with Crippen LogP contribution < -0.4 is 10.6 Å². The molecule has 0 atom stereocenters. The number of carbonyl (C=O) groups excluding carboxylic acids is 2. The number of hydrogen-bond acceptors (Lipinski definition) is 3. The quantitative estimate of drug-likeness (QED) is 0.874. The number of thiophene rings is 1. The van der Waals surface area contributed by atoms with Gasteiger partial charge in [-0.15, -0.1) is 11.3 Å². The number of anilines is 2. The Balaban J connectivity index is 2.36. The van der Waals surface area contributed by atoms with Crippen molar-refractivity contribution >= 4 is 34.5 Å². The molecule has 2 amide bonds. The smallest absolute Gasteiger partial charge is 0.326 e. The summed E-state index contributed by atoms with van der Waals surface area (Å²) in [5.41, 5.74) is -0.679. The summed E-state index contributed by atoms with van der Waals surface area (Å²) >= 11 is 1.15. The highest BCUT2D eigenvalue weighted by Gasteiger charge is 2.34. The van der Waals surface area contributed by atoms with Crippen molar-refractivity contribution in [2.45, 2.75) is 20.0 Å². The molecule has 2 N–H and O–H groups in total. The van der Waals surface area contributed by atoms with Crippen LogP contribution in [0.2, 0.25) is 0 Å². The number of nitrogens with one attached hydrogen (secondary N) is 2. The van der Waals surface area contributed by atoms with Crippen LogP contribution in [0.15, 0.2) is 29.6 Å². The van der Waals surface area contributed by atoms with Crippen LogP contribution in [0.4, 0.5) is 24.5 Å². The first-order valence-corrected chi connectivity index (χ1v) is 7.40. The molecule has 2 rings (SSSR count). The van der Waals surface area contributed by atoms with E-state index in [2.05, 4.69) is 10.6 Å². The molecule has 1 aromatic heterocycles. The Hall–Kier alpha value is -2.35. The van der Waals surface area contributed by atoms with E-state index >= 15 is 0 Å². The Morgan fingerprint density at radius 2 is 1.83 bits per heavy atom. The molecule has 1 heterocycles. The Bertz CT molecular complexity index is 753. The minimum Gasteiger partial charge on any atom is -0.326 e. The lowest BCUT2D eigenvalue weighted by molar-refractivity contribution is -0.137. The molecule has 122 valence electrons. The summed E-state index contributed by atoms with van der Waals surface area (Å²) in [6.45, 7) is 2.90. The topological polar surface area (TPSA) is 58.2 Å². The first kappa shape index (κ1) is 17.0. The van der Waals surface area contributed by atoms with E-state index in [1.54, 1.807) is 18.4 Å². The average molecular weight is 342 g/mol. The lowest BCUT2D eigenvalue weighted by Crippen LogP contribution is -2.17. The second kappa shape index (κ2) is 6.41. The third kappa shape index (κ3) is 4.10. The van der Waals surface area contributed by atoms with E-state index in [1.807, 2.05) is 0 Å². The number of aryl methyl sites for hydroxylation is 1. The van der Waals surface area contributed by atoms with E-state index in [1.165, 1.54) is 13.0 Å². The maximum absolute atomic E-state index is 13.2. The van der Waals surface area contributed by atoms with E-state index in [0.29, 0.717) is 10.4 Å². The second-order valence-corrected chi connectivity index (χ2v) is 5.74. The Morgan fingerprint density at radius 1 is 1.13 bits per heavy atom. The van der Waals surface area contributed by atoms with Crippen LogP contribution in [0.25, 0.3) is 0 Å². The summed E-state index contributed by atoms with van der Waals surface area (Å²) in [6, 6.07) is 4.92. The van der Waals surface area contributed by atoms with Gasteiger partial charge in [0, 0.05) is 12.6 Å². The molecule has 0 bridgehead atoms. The van der Waals surface area contributed by atoms with Crippen LogP contribution >= 0.6 is 11.3 Å². The number of benzene rings is 1. The first-order chi connectivity index (χ1) is 10.7. The van der Waals surface area contributed by atoms with Gasteiger partial charge in [-0.3, -0.25) is 9.59 Å². The van der Waals surface area contributed by atoms with Crippen molar-refractivity contribution in [1.82, 2.24) is 0 Å². The highest BCUT2D eigenvalue weighted by atomic mass is 32.1. The fraction of sp³-hybridized carbons (Fsp3) is 0.200. The van der Waals surface area contributed by atoms with Gasteiger partial charge in [0.25, 0.3) is 5.91 Å². The number of hydrogen-bond donors (Lipinski definition) is 2. The van der Waals surface area contributed by atoms with Crippen LogP contribution in [0.5, 0.6) is 0 Å². The molecule has 8 heteroatoms. The van der Waals surface area contributed by atoms with Crippen LogP contribution in [0.3, 0.4) is 0 Å². The van der Waals surface area contributed by atoms with Crippen molar-refractivity contribution in [2.24, 2.45) is 0 Å². The van der Waals surface area contributed by atoms with Gasteiger partial charge in [-0.2, -0.15) is 13.2 Å². The SMILES string of the molecule is CC(=O)Nc1ccc(NC(=O)c2sccc2C)c(C(F)(F)F)c1. The van der Waals surface area contributed by atoms with Gasteiger partial charge < -0.3 is 10.6 Å². The maximum atomic E-state index is 13.2. The molecule has 0 aliphatic carbocycles. The van der Waals surface area contributed by atoms with E-state index in [-0.39, 0.29) is 11.4 Å². The Morgan fingerprint density at radius 3 is 2.35 bits per heavy atom. The molecule has 0 spiro atoms. The van der Waals surface area contributed by atoms with E-state index in [0.717, 1.165) is 23.5 Å². The third-order valence-electron chi connectivity index (χ3n) is 2.96. The molecule has 23 heavy (non-hydrogen) atoms. The predicted octanol–water partition coefficient (Wildman–Crippen LogP) is 4.29. The van der Waals surface area contributed by atoms with Crippen LogP contribution in [0, 0.1) is 6.92 Å². The van der Waals surface area contributed by atoms with Gasteiger partial charge in [-0.1, -0.05) is 0 Å². The number of carbonyl (C=O) groups is 2. The minimum atomic E-state index is -4.67. The summed E-state index contributed by atoms with van der Waals surface area (Å²) < 4.78 is 39.5. The van der Waals surface area contributed by atoms with Crippen LogP contribution in [-0.2, 0) is 11.0 Å². The molecule has 0 unspecified atom stereocenters. The molecule has 0 saturated heterocycles. The normalized spacial score (nSPS) is 11.2. The fourth-order valence-electron chi connectivity index (χ4n) is 1.95. The van der Waals surface area contributed by atoms with Gasteiger partial charge in [0.2, 0.25) is 5.91 Å². The predicted molar refractivity (Wildman–Crippen MR) is 82.8 cm³/mol. The molecule has 2 aromatic rings. The van der Waals surface area contributed by atoms with E-state index < -0.39 is 23.6 Å². The monoisotopic (exact) mass is 342 g/mol. The number of halogens is 3. The zero-order valence-electron chi connectivity index (χ0n) is 12.2. The number of alkyl halides is 3. The van der Waals surface area contributed by atoms with Gasteiger partial charge in [-0.05, 0) is 42.1 Å². The second-order valence-electron chi connectivity index (χ2n) is 4.83. The molecule has 0 radical (unpaired) electrons. The highest BCUT2D eigenvalue weighted by molar-refractivity contribution is 7.12. The third-order valence-corrected chi connectivity index (χ3v) is 3.98. The van der Waals surface area contributed by atoms with E-state index in [9.17, 15) is 22.8 Å². The fourth-order valence-corrected chi connectivity index (χ4v) is 2.77. The molecule has 4 nitrogen and oxygen atoms in total. The molecular weight excluding hydrogens is 329 g/mol. The van der Waals surface area contributed by atoms with Gasteiger partial charge >= 0.3 is 6.18 Å². The summed E-state index contributed by atoms with van der Waals surface area (Å²) in [6.07, 6.45) is -4.67. The lowest BCUT2D eigenvalue weighted by Gasteiger charge is -2.15. The molecule has 0 saturated carbocycles. The van der Waals surface area contributed by atoms with Crippen molar-refractivity contribution in [3.05, 3.63) is 45.6 Å². The summed E-state index contributed by atoms with van der Waals surface area (Å²) in [5.74, 6) is -1.08. The molecular formula is C15H13F3N2O2S. The first-order valence-electron chi connectivity index (χ1n) is 6.53. The number of rotatable bonds is 3. The van der Waals surface area contributed by atoms with Gasteiger partial charge in [0.15, 0.2) is 0 Å². The van der Waals surface area contributed by atoms with Gasteiger partial charge in [-0.25, -0.2) is 0 Å². The van der Waals surface area contributed by atoms with Crippen molar-refractivity contribution in [3.8, 4) is 0 Å². The standard InChI is InChI=1S/C15H13F3N2O2S/c1-8-5-6-23-13(8)14(22)20-12-4-3-10(19-9(2)21)7-11(12)15(16,17)18/h3-7H,1-2H3,(H,19,21)(H,20,22). The summed E-state index contributed by atoms with van der Waals surface area (Å²) in [5, 5.41) is 6.25. The molecule has 0 aliphatic heterocycles. The molecule has 1 aromatic carbocycles. The van der Waals surface area contributed by atoms with Crippen molar-refractivity contribution in [1.29, 1.82) is 0 Å². The molecule has 0 fully saturated rings.